The topological polar surface area (TPSA) is 181 Å². The van der Waals surface area contributed by atoms with E-state index in [1.807, 2.05) is 18.2 Å². The van der Waals surface area contributed by atoms with Crippen LogP contribution in [0.3, 0.4) is 0 Å². The maximum atomic E-state index is 13.3. The Morgan fingerprint density at radius 1 is 0.912 bits per heavy atom. The van der Waals surface area contributed by atoms with E-state index in [-0.39, 0.29) is 42.3 Å². The highest BCUT2D eigenvalue weighted by atomic mass is 35.5. The van der Waals surface area contributed by atoms with Crippen molar-refractivity contribution in [1.29, 1.82) is 5.26 Å². The number of anilines is 3. The zero-order valence-corrected chi connectivity index (χ0v) is 32.4. The summed E-state index contributed by atoms with van der Waals surface area (Å²) in [5.41, 5.74) is 1.85. The molecule has 3 saturated heterocycles. The number of hydrogen-bond acceptors (Lipinski definition) is 12. The number of benzene rings is 2. The summed E-state index contributed by atoms with van der Waals surface area (Å²) in [7, 11) is 0. The Kier molecular flexibility index (Phi) is 10.8. The van der Waals surface area contributed by atoms with E-state index in [2.05, 4.69) is 42.5 Å². The molecule has 4 aliphatic heterocycles. The highest BCUT2D eigenvalue weighted by molar-refractivity contribution is 6.31. The van der Waals surface area contributed by atoms with Crippen LogP contribution in [0.5, 0.6) is 5.75 Å². The third-order valence-corrected chi connectivity index (χ3v) is 12.4. The lowest BCUT2D eigenvalue weighted by atomic mass is 9.96. The van der Waals surface area contributed by atoms with Crippen molar-refractivity contribution in [2.75, 3.05) is 60.9 Å². The van der Waals surface area contributed by atoms with Crippen LogP contribution in [0, 0.1) is 29.1 Å². The molecule has 4 atom stereocenters. The second kappa shape index (κ2) is 16.1. The predicted molar refractivity (Wildman–Crippen MR) is 210 cm³/mol. The average Bonchev–Trinajstić information content (AvgIpc) is 3.70. The number of nitrogens with one attached hydrogen (secondary N) is 2. The normalized spacial score (nSPS) is 24.3. The molecule has 0 bridgehead atoms. The molecular formula is C41H44ClN9O6. The summed E-state index contributed by atoms with van der Waals surface area (Å²) in [5.74, 6) is 0.183. The molecule has 5 amide bonds. The second-order valence-electron chi connectivity index (χ2n) is 15.7. The summed E-state index contributed by atoms with van der Waals surface area (Å²) in [6, 6.07) is 15.1. The third kappa shape index (κ3) is 8.01. The Labute approximate surface area is 335 Å². The number of hydrogen-bond donors (Lipinski definition) is 2. The molecule has 57 heavy (non-hydrogen) atoms. The van der Waals surface area contributed by atoms with Crippen LogP contribution < -0.4 is 25.2 Å². The van der Waals surface area contributed by atoms with Gasteiger partial charge in [-0.3, -0.25) is 39.1 Å². The molecule has 8 rings (SSSR count). The van der Waals surface area contributed by atoms with E-state index in [0.29, 0.717) is 46.5 Å². The maximum absolute atomic E-state index is 13.3. The SMILES string of the molecule is CC1CC(C(=O)Nc2ccc(N3CCC(CN4CCN(c5ccc6c(c5)C(=O)N(C5CCC(=O)NC5=O)C6=O)CC4)CC3)nn2)CC1Oc1ccc(C#N)c(Cl)c1. The number of nitrogens with zero attached hydrogens (tertiary/aromatic N) is 7. The molecule has 296 valence electrons. The van der Waals surface area contributed by atoms with Crippen LogP contribution in [0.25, 0.3) is 0 Å². The highest BCUT2D eigenvalue weighted by Crippen LogP contribution is 2.36. The summed E-state index contributed by atoms with van der Waals surface area (Å²) in [6.07, 6.45) is 3.38. The minimum absolute atomic E-state index is 0.0873. The van der Waals surface area contributed by atoms with Crippen molar-refractivity contribution >= 4 is 58.5 Å². The molecule has 15 nitrogen and oxygen atoms in total. The molecule has 1 aliphatic carbocycles. The molecular weight excluding hydrogens is 750 g/mol. The molecule has 2 N–H and O–H groups in total. The lowest BCUT2D eigenvalue weighted by molar-refractivity contribution is -0.136. The molecule has 16 heteroatoms. The van der Waals surface area contributed by atoms with Gasteiger partial charge in [0.25, 0.3) is 11.8 Å². The number of halogens is 1. The number of carbonyl (C=O) groups excluding carboxylic acids is 5. The van der Waals surface area contributed by atoms with E-state index in [9.17, 15) is 24.0 Å². The van der Waals surface area contributed by atoms with Crippen LogP contribution in [0.4, 0.5) is 17.3 Å². The minimum Gasteiger partial charge on any atom is -0.490 e. The average molecular weight is 794 g/mol. The molecule has 1 saturated carbocycles. The monoisotopic (exact) mass is 793 g/mol. The van der Waals surface area contributed by atoms with Gasteiger partial charge in [-0.05, 0) is 86.4 Å². The summed E-state index contributed by atoms with van der Waals surface area (Å²) in [4.78, 5) is 71.6. The first-order valence-electron chi connectivity index (χ1n) is 19.6. The van der Waals surface area contributed by atoms with Gasteiger partial charge >= 0.3 is 0 Å². The molecule has 0 radical (unpaired) electrons. The number of aromatic nitrogens is 2. The lowest BCUT2D eigenvalue weighted by Gasteiger charge is -2.39. The Morgan fingerprint density at radius 3 is 2.39 bits per heavy atom. The third-order valence-electron chi connectivity index (χ3n) is 12.0. The Hall–Kier alpha value is -5.59. The van der Waals surface area contributed by atoms with Gasteiger partial charge in [0.15, 0.2) is 11.6 Å². The van der Waals surface area contributed by atoms with Gasteiger partial charge in [-0.1, -0.05) is 18.5 Å². The quantitative estimate of drug-likeness (QED) is 0.299. The van der Waals surface area contributed by atoms with Crippen molar-refractivity contribution in [2.45, 2.75) is 57.6 Å². The number of nitriles is 1. The molecule has 4 unspecified atom stereocenters. The second-order valence-corrected chi connectivity index (χ2v) is 16.1. The lowest BCUT2D eigenvalue weighted by Crippen LogP contribution is -2.54. The Morgan fingerprint density at radius 2 is 1.68 bits per heavy atom. The van der Waals surface area contributed by atoms with Crippen LogP contribution in [0.2, 0.25) is 5.02 Å². The van der Waals surface area contributed by atoms with Crippen molar-refractivity contribution < 1.29 is 28.7 Å². The van der Waals surface area contributed by atoms with Crippen molar-refractivity contribution in [3.63, 3.8) is 0 Å². The fourth-order valence-corrected chi connectivity index (χ4v) is 8.98. The zero-order valence-electron chi connectivity index (χ0n) is 31.7. The highest BCUT2D eigenvalue weighted by Gasteiger charge is 2.45. The van der Waals surface area contributed by atoms with Crippen LogP contribution in [0.15, 0.2) is 48.5 Å². The number of carbonyl (C=O) groups is 5. The van der Waals surface area contributed by atoms with Crippen LogP contribution in [-0.2, 0) is 14.4 Å². The van der Waals surface area contributed by atoms with E-state index in [4.69, 9.17) is 21.6 Å². The number of ether oxygens (including phenoxy) is 1. The molecule has 5 aliphatic rings. The van der Waals surface area contributed by atoms with Gasteiger partial charge in [-0.2, -0.15) is 5.26 Å². The smallest absolute Gasteiger partial charge is 0.262 e. The number of fused-ring (bicyclic) bond motifs is 1. The minimum atomic E-state index is -0.978. The first-order chi connectivity index (χ1) is 27.5. The van der Waals surface area contributed by atoms with Gasteiger partial charge in [0.1, 0.15) is 24.0 Å². The van der Waals surface area contributed by atoms with E-state index in [0.717, 1.165) is 75.1 Å². The number of piperidine rings is 2. The largest absolute Gasteiger partial charge is 0.490 e. The maximum Gasteiger partial charge on any atom is 0.262 e. The summed E-state index contributed by atoms with van der Waals surface area (Å²) in [5, 5.41) is 23.4. The van der Waals surface area contributed by atoms with Gasteiger partial charge in [-0.25, -0.2) is 0 Å². The van der Waals surface area contributed by atoms with Crippen molar-refractivity contribution in [2.24, 2.45) is 17.8 Å². The molecule has 2 aromatic carbocycles. The first kappa shape index (κ1) is 38.3. The standard InChI is InChI=1S/C41H44ClN9O6/c1-24-18-27(19-34(24)57-29-4-2-26(22-43)32(42)21-29)38(53)44-35-7-8-36(47-46-35)50-12-10-25(11-13-50)23-48-14-16-49(17-15-48)28-3-5-30-31(20-28)41(56)51(40(30)55)33-6-9-37(52)45-39(33)54/h2-5,7-8,20-21,24-25,27,33-34H,6,9-19,23H2,1H3,(H,44,46,53)(H,45,52,54). The molecule has 3 aromatic rings. The number of rotatable bonds is 9. The molecule has 1 aromatic heterocycles. The van der Waals surface area contributed by atoms with Gasteiger partial charge < -0.3 is 19.9 Å². The Balaban J connectivity index is 0.768. The number of amides is 5. The van der Waals surface area contributed by atoms with Crippen molar-refractivity contribution in [3.05, 3.63) is 70.2 Å². The molecule has 0 spiro atoms. The van der Waals surface area contributed by atoms with Gasteiger partial charge in [0.2, 0.25) is 17.7 Å². The summed E-state index contributed by atoms with van der Waals surface area (Å²) >= 11 is 6.17. The fourth-order valence-electron chi connectivity index (χ4n) is 8.77. The van der Waals surface area contributed by atoms with E-state index in [1.165, 1.54) is 0 Å². The van der Waals surface area contributed by atoms with Crippen molar-refractivity contribution in [1.82, 2.24) is 25.3 Å². The Bertz CT molecular complexity index is 2130. The predicted octanol–water partition coefficient (Wildman–Crippen LogP) is 3.87. The summed E-state index contributed by atoms with van der Waals surface area (Å²) < 4.78 is 6.15. The summed E-state index contributed by atoms with van der Waals surface area (Å²) in [6.45, 7) is 8.15. The van der Waals surface area contributed by atoms with Crippen LogP contribution in [-0.4, -0.2) is 107 Å². The van der Waals surface area contributed by atoms with Crippen LogP contribution >= 0.6 is 11.6 Å². The van der Waals surface area contributed by atoms with Gasteiger partial charge in [-0.15, -0.1) is 10.2 Å². The number of piperazine rings is 1. The molecule has 4 fully saturated rings. The van der Waals surface area contributed by atoms with Crippen LogP contribution in [0.1, 0.15) is 71.7 Å². The van der Waals surface area contributed by atoms with Gasteiger partial charge in [0.05, 0.1) is 21.7 Å². The molecule has 5 heterocycles. The van der Waals surface area contributed by atoms with Gasteiger partial charge in [0, 0.05) is 69.9 Å². The van der Waals surface area contributed by atoms with Crippen molar-refractivity contribution in [3.8, 4) is 11.8 Å². The zero-order chi connectivity index (χ0) is 39.8. The van der Waals surface area contributed by atoms with E-state index < -0.39 is 29.7 Å². The fraction of sp³-hybridized carbons (Fsp3) is 0.463. The first-order valence-corrected chi connectivity index (χ1v) is 20.0. The van der Waals surface area contributed by atoms with E-state index in [1.54, 1.807) is 36.4 Å². The van der Waals surface area contributed by atoms with E-state index >= 15 is 0 Å². The number of imide groups is 2.